The summed E-state index contributed by atoms with van der Waals surface area (Å²) in [7, 11) is 0. The number of rotatable bonds is 2. The van der Waals surface area contributed by atoms with Gasteiger partial charge in [0.2, 0.25) is 0 Å². The van der Waals surface area contributed by atoms with Gasteiger partial charge in [0.1, 0.15) is 11.6 Å². The number of hydrogen-bond donors (Lipinski definition) is 1. The van der Waals surface area contributed by atoms with Crippen LogP contribution in [0.5, 0.6) is 5.75 Å². The van der Waals surface area contributed by atoms with Gasteiger partial charge in [-0.15, -0.1) is 0 Å². The lowest BCUT2D eigenvalue weighted by Gasteiger charge is -2.35. The molecule has 0 spiro atoms. The van der Waals surface area contributed by atoms with Gasteiger partial charge in [0.15, 0.2) is 0 Å². The Balaban J connectivity index is 1.98. The Hall–Kier alpha value is -1.58. The maximum atomic E-state index is 14.0. The average Bonchev–Trinajstić information content (AvgIpc) is 2.43. The first-order valence-electron chi connectivity index (χ1n) is 6.54. The number of para-hydroxylation sites is 1. The number of fused-ring (bicyclic) bond motifs is 1. The maximum absolute atomic E-state index is 14.0. The Morgan fingerprint density at radius 2 is 2.05 bits per heavy atom. The number of nitrogens with two attached hydrogens (primary N) is 1. The van der Waals surface area contributed by atoms with E-state index in [-0.39, 0.29) is 5.82 Å². The highest BCUT2D eigenvalue weighted by molar-refractivity contribution is 6.30. The molecule has 0 radical (unpaired) electrons. The summed E-state index contributed by atoms with van der Waals surface area (Å²) in [6.45, 7) is 0.544. The van der Waals surface area contributed by atoms with Gasteiger partial charge in [-0.25, -0.2) is 4.39 Å². The summed E-state index contributed by atoms with van der Waals surface area (Å²) in [4.78, 5) is 0. The summed E-state index contributed by atoms with van der Waals surface area (Å²) in [6, 6.07) is 12.4. The van der Waals surface area contributed by atoms with Crippen molar-refractivity contribution in [2.24, 2.45) is 5.73 Å². The van der Waals surface area contributed by atoms with Crippen molar-refractivity contribution in [2.75, 3.05) is 6.61 Å². The van der Waals surface area contributed by atoms with Gasteiger partial charge in [0, 0.05) is 17.0 Å². The molecular weight excluding hydrogens is 277 g/mol. The first-order valence-corrected chi connectivity index (χ1v) is 6.91. The average molecular weight is 292 g/mol. The van der Waals surface area contributed by atoms with Crippen molar-refractivity contribution >= 4 is 11.6 Å². The van der Waals surface area contributed by atoms with Crippen molar-refractivity contribution in [3.8, 4) is 5.75 Å². The summed E-state index contributed by atoms with van der Waals surface area (Å²) in [5.74, 6) is 0.474. The van der Waals surface area contributed by atoms with Crippen LogP contribution in [0, 0.1) is 5.82 Å². The van der Waals surface area contributed by atoms with Crippen LogP contribution in [0.3, 0.4) is 0 Å². The fourth-order valence-electron chi connectivity index (χ4n) is 2.67. The van der Waals surface area contributed by atoms with E-state index in [1.54, 1.807) is 12.1 Å². The van der Waals surface area contributed by atoms with Gasteiger partial charge in [-0.1, -0.05) is 35.9 Å². The zero-order valence-corrected chi connectivity index (χ0v) is 11.7. The Morgan fingerprint density at radius 3 is 2.85 bits per heavy atom. The Kier molecular flexibility index (Phi) is 3.40. The fourth-order valence-corrected chi connectivity index (χ4v) is 2.83. The van der Waals surface area contributed by atoms with E-state index in [0.29, 0.717) is 30.0 Å². The summed E-state index contributed by atoms with van der Waals surface area (Å²) < 4.78 is 19.6. The molecule has 0 saturated heterocycles. The van der Waals surface area contributed by atoms with Crippen LogP contribution in [0.2, 0.25) is 5.02 Å². The van der Waals surface area contributed by atoms with E-state index < -0.39 is 5.54 Å². The van der Waals surface area contributed by atoms with Crippen molar-refractivity contribution in [1.82, 2.24) is 0 Å². The molecule has 0 bridgehead atoms. The van der Waals surface area contributed by atoms with E-state index in [9.17, 15) is 4.39 Å². The Morgan fingerprint density at radius 1 is 1.25 bits per heavy atom. The molecule has 1 atom stereocenters. The number of hydrogen-bond acceptors (Lipinski definition) is 2. The molecule has 0 fully saturated rings. The second-order valence-corrected chi connectivity index (χ2v) is 5.60. The van der Waals surface area contributed by atoms with E-state index in [1.807, 2.05) is 24.3 Å². The topological polar surface area (TPSA) is 35.2 Å². The van der Waals surface area contributed by atoms with Crippen molar-refractivity contribution in [3.63, 3.8) is 0 Å². The van der Waals surface area contributed by atoms with Crippen molar-refractivity contribution < 1.29 is 9.13 Å². The zero-order valence-electron chi connectivity index (χ0n) is 10.9. The highest BCUT2D eigenvalue weighted by Gasteiger charge is 2.34. The third-order valence-electron chi connectivity index (χ3n) is 3.75. The van der Waals surface area contributed by atoms with Gasteiger partial charge in [-0.2, -0.15) is 0 Å². The quantitative estimate of drug-likeness (QED) is 0.916. The minimum atomic E-state index is -0.608. The van der Waals surface area contributed by atoms with E-state index >= 15 is 0 Å². The van der Waals surface area contributed by atoms with Crippen LogP contribution < -0.4 is 10.5 Å². The van der Waals surface area contributed by atoms with Crippen LogP contribution in [0.1, 0.15) is 17.5 Å². The zero-order chi connectivity index (χ0) is 14.2. The molecule has 1 aliphatic rings. The molecule has 1 heterocycles. The Bertz CT molecular complexity index is 646. The number of benzene rings is 2. The molecule has 3 rings (SSSR count). The predicted octanol–water partition coefficient (Wildman–Crippen LogP) is 3.66. The molecular formula is C16H15ClFNO. The maximum Gasteiger partial charge on any atom is 0.127 e. The third-order valence-corrected chi connectivity index (χ3v) is 3.99. The lowest BCUT2D eigenvalue weighted by Crippen LogP contribution is -2.43. The molecule has 0 saturated carbocycles. The second kappa shape index (κ2) is 5.08. The molecule has 2 N–H and O–H groups in total. The highest BCUT2D eigenvalue weighted by atomic mass is 35.5. The van der Waals surface area contributed by atoms with Crippen LogP contribution in [0.25, 0.3) is 0 Å². The lowest BCUT2D eigenvalue weighted by atomic mass is 9.80. The fraction of sp³-hybridized carbons (Fsp3) is 0.250. The van der Waals surface area contributed by atoms with E-state index in [0.717, 1.165) is 11.3 Å². The van der Waals surface area contributed by atoms with Crippen LogP contribution in [-0.2, 0) is 12.0 Å². The molecule has 20 heavy (non-hydrogen) atoms. The molecule has 4 heteroatoms. The van der Waals surface area contributed by atoms with Crippen LogP contribution >= 0.6 is 11.6 Å². The highest BCUT2D eigenvalue weighted by Crippen LogP contribution is 2.37. The van der Waals surface area contributed by atoms with Gasteiger partial charge in [0.05, 0.1) is 12.1 Å². The minimum absolute atomic E-state index is 0.314. The standard InChI is InChI=1S/C16H15ClFNO/c17-12-6-5-11(14(18)9-12)10-16(19)7-8-20-15-4-2-1-3-13(15)16/h1-6,9H,7-8,10,19H2. The van der Waals surface area contributed by atoms with Gasteiger partial charge in [0.25, 0.3) is 0 Å². The molecule has 2 aromatic rings. The number of halogens is 2. The van der Waals surface area contributed by atoms with Crippen LogP contribution in [0.15, 0.2) is 42.5 Å². The minimum Gasteiger partial charge on any atom is -0.493 e. The molecule has 0 amide bonds. The van der Waals surface area contributed by atoms with Crippen LogP contribution in [0.4, 0.5) is 4.39 Å². The second-order valence-electron chi connectivity index (χ2n) is 5.16. The summed E-state index contributed by atoms with van der Waals surface area (Å²) in [5, 5.41) is 0.393. The first kappa shape index (κ1) is 13.4. The number of ether oxygens (including phenoxy) is 1. The van der Waals surface area contributed by atoms with Crippen molar-refractivity contribution in [1.29, 1.82) is 0 Å². The largest absolute Gasteiger partial charge is 0.493 e. The smallest absolute Gasteiger partial charge is 0.127 e. The van der Waals surface area contributed by atoms with Crippen LogP contribution in [-0.4, -0.2) is 6.61 Å². The Labute approximate surface area is 122 Å². The van der Waals surface area contributed by atoms with Gasteiger partial charge < -0.3 is 10.5 Å². The molecule has 1 unspecified atom stereocenters. The van der Waals surface area contributed by atoms with Gasteiger partial charge in [-0.3, -0.25) is 0 Å². The van der Waals surface area contributed by atoms with E-state index in [4.69, 9.17) is 22.1 Å². The summed E-state index contributed by atoms with van der Waals surface area (Å²) >= 11 is 5.78. The summed E-state index contributed by atoms with van der Waals surface area (Å²) in [6.07, 6.45) is 1.09. The van der Waals surface area contributed by atoms with E-state index in [1.165, 1.54) is 6.07 Å². The molecule has 1 aliphatic heterocycles. The molecule has 2 nitrogen and oxygen atoms in total. The molecule has 104 valence electrons. The van der Waals surface area contributed by atoms with E-state index in [2.05, 4.69) is 0 Å². The van der Waals surface area contributed by atoms with Crippen molar-refractivity contribution in [2.45, 2.75) is 18.4 Å². The summed E-state index contributed by atoms with van der Waals surface area (Å²) in [5.41, 5.74) is 7.43. The molecule has 2 aromatic carbocycles. The molecule has 0 aliphatic carbocycles. The lowest BCUT2D eigenvalue weighted by molar-refractivity contribution is 0.214. The predicted molar refractivity (Wildman–Crippen MR) is 77.5 cm³/mol. The third kappa shape index (κ3) is 2.39. The SMILES string of the molecule is NC1(Cc2ccc(Cl)cc2F)CCOc2ccccc21. The molecule has 0 aromatic heterocycles. The monoisotopic (exact) mass is 291 g/mol. The first-order chi connectivity index (χ1) is 9.58. The van der Waals surface area contributed by atoms with Crippen molar-refractivity contribution in [3.05, 3.63) is 64.4 Å². The van der Waals surface area contributed by atoms with Gasteiger partial charge in [-0.05, 0) is 30.2 Å². The van der Waals surface area contributed by atoms with Gasteiger partial charge >= 0.3 is 0 Å². The normalized spacial score (nSPS) is 21.1.